The van der Waals surface area contributed by atoms with Crippen LogP contribution in [0.4, 0.5) is 0 Å². The number of likely N-dealkylation sites (tertiary alicyclic amines) is 1. The van der Waals surface area contributed by atoms with Crippen LogP contribution in [0.2, 0.25) is 0 Å². The second kappa shape index (κ2) is 8.65. The van der Waals surface area contributed by atoms with Crippen molar-refractivity contribution in [3.8, 4) is 0 Å². The van der Waals surface area contributed by atoms with Crippen LogP contribution in [0.1, 0.15) is 33.1 Å². The molecule has 2 heterocycles. The summed E-state index contributed by atoms with van der Waals surface area (Å²) < 4.78 is 5.86. The van der Waals surface area contributed by atoms with Gasteiger partial charge < -0.3 is 15.0 Å². The van der Waals surface area contributed by atoms with Gasteiger partial charge in [0.1, 0.15) is 0 Å². The Balaban J connectivity index is 1.69. The molecule has 1 atom stereocenters. The van der Waals surface area contributed by atoms with Gasteiger partial charge in [-0.1, -0.05) is 5.57 Å². The number of allylic oxidation sites excluding steroid dienone is 1. The number of amides is 1. The van der Waals surface area contributed by atoms with E-state index in [1.54, 1.807) is 6.08 Å². The molecule has 0 saturated carbocycles. The van der Waals surface area contributed by atoms with Gasteiger partial charge in [-0.2, -0.15) is 0 Å². The van der Waals surface area contributed by atoms with Gasteiger partial charge in [-0.05, 0) is 53.2 Å². The largest absolute Gasteiger partial charge is 0.375 e. The summed E-state index contributed by atoms with van der Waals surface area (Å²) in [5, 5.41) is 2.94. The third kappa shape index (κ3) is 5.71. The van der Waals surface area contributed by atoms with Crippen molar-refractivity contribution < 1.29 is 9.53 Å². The molecule has 5 nitrogen and oxygen atoms in total. The molecule has 2 rings (SSSR count). The number of hydrogen-bond donors (Lipinski definition) is 1. The lowest BCUT2D eigenvalue weighted by molar-refractivity contribution is -0.116. The van der Waals surface area contributed by atoms with Crippen LogP contribution < -0.4 is 5.32 Å². The highest BCUT2D eigenvalue weighted by atomic mass is 16.5. The summed E-state index contributed by atoms with van der Waals surface area (Å²) in [4.78, 5) is 16.6. The van der Waals surface area contributed by atoms with Crippen LogP contribution in [0.25, 0.3) is 0 Å². The Morgan fingerprint density at radius 2 is 2.00 bits per heavy atom. The number of nitrogens with one attached hydrogen (secondary N) is 1. The lowest BCUT2D eigenvalue weighted by atomic mass is 10.0. The molecule has 0 bridgehead atoms. The summed E-state index contributed by atoms with van der Waals surface area (Å²) >= 11 is 0. The minimum Gasteiger partial charge on any atom is -0.375 e. The van der Waals surface area contributed by atoms with Gasteiger partial charge in [-0.25, -0.2) is 0 Å². The van der Waals surface area contributed by atoms with Crippen LogP contribution >= 0.6 is 0 Å². The molecule has 2 saturated heterocycles. The van der Waals surface area contributed by atoms with Crippen LogP contribution in [-0.4, -0.2) is 74.2 Å². The number of ether oxygens (including phenoxy) is 1. The maximum absolute atomic E-state index is 11.6. The van der Waals surface area contributed by atoms with Crippen molar-refractivity contribution >= 4 is 5.91 Å². The third-order valence-corrected chi connectivity index (χ3v) is 4.56. The van der Waals surface area contributed by atoms with E-state index in [0.717, 1.165) is 31.7 Å². The molecule has 1 N–H and O–H groups in total. The predicted molar refractivity (Wildman–Crippen MR) is 88.9 cm³/mol. The smallest absolute Gasteiger partial charge is 0.243 e. The molecular formula is C17H31N3O2. The Bertz CT molecular complexity index is 385. The SMILES string of the molecule is CC(C)=CC(=O)NCC[C@H]1CN(C2CCN(C)CC2)CCO1. The van der Waals surface area contributed by atoms with Gasteiger partial charge in [0, 0.05) is 31.8 Å². The van der Waals surface area contributed by atoms with Crippen LogP contribution in [0.3, 0.4) is 0 Å². The van der Waals surface area contributed by atoms with E-state index in [-0.39, 0.29) is 12.0 Å². The number of hydrogen-bond acceptors (Lipinski definition) is 4. The first kappa shape index (κ1) is 17.4. The average molecular weight is 309 g/mol. The van der Waals surface area contributed by atoms with Gasteiger partial charge in [0.05, 0.1) is 12.7 Å². The predicted octanol–water partition coefficient (Wildman–Crippen LogP) is 1.25. The lowest BCUT2D eigenvalue weighted by Gasteiger charge is -2.41. The molecule has 126 valence electrons. The Morgan fingerprint density at radius 1 is 1.27 bits per heavy atom. The fourth-order valence-corrected chi connectivity index (χ4v) is 3.28. The van der Waals surface area contributed by atoms with E-state index in [9.17, 15) is 4.79 Å². The summed E-state index contributed by atoms with van der Waals surface area (Å²) in [5.41, 5.74) is 1.03. The molecule has 0 aromatic rings. The van der Waals surface area contributed by atoms with E-state index in [4.69, 9.17) is 4.74 Å². The summed E-state index contributed by atoms with van der Waals surface area (Å²) in [6.07, 6.45) is 5.32. The van der Waals surface area contributed by atoms with Crippen molar-refractivity contribution in [3.63, 3.8) is 0 Å². The Labute approximate surface area is 134 Å². The quantitative estimate of drug-likeness (QED) is 0.777. The van der Waals surface area contributed by atoms with Crippen LogP contribution in [0.15, 0.2) is 11.6 Å². The van der Waals surface area contributed by atoms with Crippen molar-refractivity contribution in [3.05, 3.63) is 11.6 Å². The fraction of sp³-hybridized carbons (Fsp3) is 0.824. The number of rotatable bonds is 5. The highest BCUT2D eigenvalue weighted by Crippen LogP contribution is 2.19. The lowest BCUT2D eigenvalue weighted by Crippen LogP contribution is -2.51. The third-order valence-electron chi connectivity index (χ3n) is 4.56. The molecule has 2 aliphatic heterocycles. The first-order valence-electron chi connectivity index (χ1n) is 8.51. The van der Waals surface area contributed by atoms with E-state index in [0.29, 0.717) is 12.6 Å². The van der Waals surface area contributed by atoms with Gasteiger partial charge in [0.25, 0.3) is 0 Å². The molecule has 1 amide bonds. The Hall–Kier alpha value is -0.910. The number of carbonyl (C=O) groups excluding carboxylic acids is 1. The molecule has 0 aromatic carbocycles. The Kier molecular flexibility index (Phi) is 6.86. The first-order valence-corrected chi connectivity index (χ1v) is 8.51. The standard InChI is InChI=1S/C17H31N3O2/c1-14(2)12-17(21)18-7-4-16-13-20(10-11-22-16)15-5-8-19(3)9-6-15/h12,15-16H,4-11,13H2,1-3H3,(H,18,21)/t16-/m0/s1. The fourth-order valence-electron chi connectivity index (χ4n) is 3.28. The summed E-state index contributed by atoms with van der Waals surface area (Å²) in [5.74, 6) is 0.00276. The number of piperidine rings is 1. The average Bonchev–Trinajstić information content (AvgIpc) is 2.47. The zero-order chi connectivity index (χ0) is 15.9. The summed E-state index contributed by atoms with van der Waals surface area (Å²) in [7, 11) is 2.20. The van der Waals surface area contributed by atoms with Gasteiger partial charge >= 0.3 is 0 Å². The molecule has 2 aliphatic rings. The van der Waals surface area contributed by atoms with Crippen molar-refractivity contribution in [2.24, 2.45) is 0 Å². The van der Waals surface area contributed by atoms with Crippen molar-refractivity contribution in [1.82, 2.24) is 15.1 Å². The van der Waals surface area contributed by atoms with Gasteiger partial charge in [0.2, 0.25) is 5.91 Å². The summed E-state index contributed by atoms with van der Waals surface area (Å²) in [6.45, 7) is 9.83. The minimum atomic E-state index is 0.00276. The van der Waals surface area contributed by atoms with Crippen LogP contribution in [0, 0.1) is 0 Å². The molecule has 0 radical (unpaired) electrons. The van der Waals surface area contributed by atoms with E-state index in [1.807, 2.05) is 13.8 Å². The molecule has 0 spiro atoms. The first-order chi connectivity index (χ1) is 10.5. The second-order valence-electron chi connectivity index (χ2n) is 6.82. The molecule has 5 heteroatoms. The summed E-state index contributed by atoms with van der Waals surface area (Å²) in [6, 6.07) is 0.711. The maximum Gasteiger partial charge on any atom is 0.243 e. The molecular weight excluding hydrogens is 278 g/mol. The molecule has 22 heavy (non-hydrogen) atoms. The highest BCUT2D eigenvalue weighted by Gasteiger charge is 2.28. The number of carbonyl (C=O) groups is 1. The van der Waals surface area contributed by atoms with Gasteiger partial charge in [0.15, 0.2) is 0 Å². The van der Waals surface area contributed by atoms with Crippen LogP contribution in [-0.2, 0) is 9.53 Å². The number of nitrogens with zero attached hydrogens (tertiary/aromatic N) is 2. The van der Waals surface area contributed by atoms with Gasteiger partial charge in [-0.3, -0.25) is 9.69 Å². The minimum absolute atomic E-state index is 0.00276. The molecule has 0 unspecified atom stereocenters. The monoisotopic (exact) mass is 309 g/mol. The van der Waals surface area contributed by atoms with Crippen LogP contribution in [0.5, 0.6) is 0 Å². The van der Waals surface area contributed by atoms with E-state index < -0.39 is 0 Å². The molecule has 2 fully saturated rings. The van der Waals surface area contributed by atoms with E-state index in [1.165, 1.54) is 25.9 Å². The van der Waals surface area contributed by atoms with E-state index in [2.05, 4.69) is 22.2 Å². The van der Waals surface area contributed by atoms with E-state index >= 15 is 0 Å². The maximum atomic E-state index is 11.6. The zero-order valence-electron chi connectivity index (χ0n) is 14.3. The highest BCUT2D eigenvalue weighted by molar-refractivity contribution is 5.87. The normalized spacial score (nSPS) is 25.0. The molecule has 0 aromatic heterocycles. The zero-order valence-corrected chi connectivity index (χ0v) is 14.3. The number of morpholine rings is 1. The molecule has 0 aliphatic carbocycles. The second-order valence-corrected chi connectivity index (χ2v) is 6.82. The van der Waals surface area contributed by atoms with Gasteiger partial charge in [-0.15, -0.1) is 0 Å². The Morgan fingerprint density at radius 3 is 2.68 bits per heavy atom. The van der Waals surface area contributed by atoms with Crippen molar-refractivity contribution in [1.29, 1.82) is 0 Å². The van der Waals surface area contributed by atoms with Crippen molar-refractivity contribution in [2.75, 3.05) is 46.4 Å². The topological polar surface area (TPSA) is 44.8 Å². The van der Waals surface area contributed by atoms with Crippen molar-refractivity contribution in [2.45, 2.75) is 45.3 Å².